The second-order valence-electron chi connectivity index (χ2n) is 3.14. The highest BCUT2D eigenvalue weighted by molar-refractivity contribution is 5.60. The van der Waals surface area contributed by atoms with Crippen LogP contribution in [0.3, 0.4) is 0 Å². The predicted molar refractivity (Wildman–Crippen MR) is 67.0 cm³/mol. The summed E-state index contributed by atoms with van der Waals surface area (Å²) >= 11 is 0. The van der Waals surface area contributed by atoms with Crippen molar-refractivity contribution >= 4 is 5.69 Å². The van der Waals surface area contributed by atoms with Crippen molar-refractivity contribution in [3.63, 3.8) is 0 Å². The molecule has 0 radical (unpaired) electrons. The third-order valence-corrected chi connectivity index (χ3v) is 2.10. The minimum absolute atomic E-state index is 0.769. The van der Waals surface area contributed by atoms with Crippen LogP contribution in [0.2, 0.25) is 0 Å². The molecule has 0 bridgehead atoms. The van der Waals surface area contributed by atoms with E-state index in [1.54, 1.807) is 0 Å². The fourth-order valence-electron chi connectivity index (χ4n) is 1.45. The molecule has 0 aliphatic heterocycles. The highest BCUT2D eigenvalue weighted by Gasteiger charge is 2.05. The van der Waals surface area contributed by atoms with Crippen molar-refractivity contribution in [2.45, 2.75) is 0 Å². The van der Waals surface area contributed by atoms with Crippen LogP contribution in [-0.2, 0) is 0 Å². The Labute approximate surface area is 91.7 Å². The Morgan fingerprint density at radius 2 is 1.80 bits per heavy atom. The Morgan fingerprint density at radius 1 is 1.20 bits per heavy atom. The number of hydrogen-bond acceptors (Lipinski definition) is 1. The van der Waals surface area contributed by atoms with E-state index >= 15 is 0 Å². The molecule has 1 nitrogen and oxygen atoms in total. The van der Waals surface area contributed by atoms with E-state index in [0.29, 0.717) is 0 Å². The summed E-state index contributed by atoms with van der Waals surface area (Å²) in [4.78, 5) is 2.13. The van der Waals surface area contributed by atoms with Crippen molar-refractivity contribution in [3.8, 4) is 12.3 Å². The normalized spacial score (nSPS) is 9.00. The van der Waals surface area contributed by atoms with Gasteiger partial charge < -0.3 is 4.90 Å². The lowest BCUT2D eigenvalue weighted by Gasteiger charge is -2.22. The van der Waals surface area contributed by atoms with Crippen LogP contribution in [0.4, 0.5) is 5.69 Å². The van der Waals surface area contributed by atoms with Gasteiger partial charge in [-0.1, -0.05) is 30.2 Å². The van der Waals surface area contributed by atoms with Gasteiger partial charge in [-0.3, -0.25) is 0 Å². The maximum atomic E-state index is 5.45. The number of hydrogen-bond donors (Lipinski definition) is 0. The quantitative estimate of drug-likeness (QED) is 0.518. The molecule has 0 fully saturated rings. The summed E-state index contributed by atoms with van der Waals surface area (Å²) in [5.74, 6) is 2.68. The number of para-hydroxylation sites is 1. The van der Waals surface area contributed by atoms with E-state index < -0.39 is 0 Å². The number of benzene rings is 1. The molecule has 0 N–H and O–H groups in total. The van der Waals surface area contributed by atoms with Crippen LogP contribution in [0.15, 0.2) is 49.6 Å². The van der Waals surface area contributed by atoms with Gasteiger partial charge in [-0.25, -0.2) is 0 Å². The molecule has 76 valence electrons. The molecule has 1 rings (SSSR count). The number of anilines is 1. The molecule has 0 spiro atoms. The molecular formula is C14H15N. The van der Waals surface area contributed by atoms with E-state index in [2.05, 4.69) is 24.0 Å². The first kappa shape index (κ1) is 11.1. The van der Waals surface area contributed by atoms with Gasteiger partial charge in [-0.15, -0.1) is 19.6 Å². The van der Waals surface area contributed by atoms with Crippen molar-refractivity contribution < 1.29 is 0 Å². The van der Waals surface area contributed by atoms with Crippen LogP contribution in [0, 0.1) is 12.3 Å². The number of terminal acetylenes is 1. The van der Waals surface area contributed by atoms with Crippen molar-refractivity contribution in [1.82, 2.24) is 0 Å². The van der Waals surface area contributed by atoms with Crippen LogP contribution in [0.1, 0.15) is 5.56 Å². The fraction of sp³-hybridized carbons (Fsp3) is 0.143. The average Bonchev–Trinajstić information content (AvgIpc) is 2.29. The predicted octanol–water partition coefficient (Wildman–Crippen LogP) is 2.85. The molecule has 1 aromatic rings. The Morgan fingerprint density at radius 3 is 2.33 bits per heavy atom. The second kappa shape index (κ2) is 5.72. The Balaban J connectivity index is 3.04. The fourth-order valence-corrected chi connectivity index (χ4v) is 1.45. The number of rotatable bonds is 5. The van der Waals surface area contributed by atoms with E-state index in [9.17, 15) is 0 Å². The molecular weight excluding hydrogens is 182 g/mol. The molecule has 0 atom stereocenters. The molecule has 15 heavy (non-hydrogen) atoms. The first-order valence-corrected chi connectivity index (χ1v) is 4.86. The summed E-state index contributed by atoms with van der Waals surface area (Å²) in [6.07, 6.45) is 9.17. The summed E-state index contributed by atoms with van der Waals surface area (Å²) in [6, 6.07) is 7.88. The van der Waals surface area contributed by atoms with Crippen LogP contribution < -0.4 is 4.90 Å². The van der Waals surface area contributed by atoms with Gasteiger partial charge in [-0.05, 0) is 12.1 Å². The lowest BCUT2D eigenvalue weighted by molar-refractivity contribution is 0.955. The Bertz CT molecular complexity index is 375. The highest BCUT2D eigenvalue weighted by Crippen LogP contribution is 2.19. The molecule has 0 saturated carbocycles. The molecule has 0 aliphatic carbocycles. The summed E-state index contributed by atoms with van der Waals surface area (Å²) in [7, 11) is 0. The van der Waals surface area contributed by atoms with Crippen molar-refractivity contribution in [2.75, 3.05) is 18.0 Å². The maximum absolute atomic E-state index is 5.45. The second-order valence-corrected chi connectivity index (χ2v) is 3.14. The molecule has 0 saturated heterocycles. The largest absolute Gasteiger partial charge is 0.363 e. The standard InChI is InChI=1S/C14H15N/c1-4-11-15(12-5-2)14-10-8-7-9-13(14)6-3/h3-5,7-10H,1-2,11-12H2. The lowest BCUT2D eigenvalue weighted by atomic mass is 10.1. The smallest absolute Gasteiger partial charge is 0.0530 e. The zero-order chi connectivity index (χ0) is 11.1. The van der Waals surface area contributed by atoms with Gasteiger partial charge in [-0.2, -0.15) is 0 Å². The van der Waals surface area contributed by atoms with Gasteiger partial charge in [0.15, 0.2) is 0 Å². The first-order chi connectivity index (χ1) is 7.33. The summed E-state index contributed by atoms with van der Waals surface area (Å²) < 4.78 is 0. The minimum Gasteiger partial charge on any atom is -0.363 e. The highest BCUT2D eigenvalue weighted by atomic mass is 15.1. The monoisotopic (exact) mass is 197 g/mol. The molecule has 0 aromatic heterocycles. The van der Waals surface area contributed by atoms with Gasteiger partial charge in [0.25, 0.3) is 0 Å². The number of nitrogens with zero attached hydrogens (tertiary/aromatic N) is 1. The molecule has 0 unspecified atom stereocenters. The van der Waals surface area contributed by atoms with Crippen LogP contribution in [0.5, 0.6) is 0 Å². The third-order valence-electron chi connectivity index (χ3n) is 2.10. The molecule has 0 amide bonds. The van der Waals surface area contributed by atoms with Crippen molar-refractivity contribution in [2.24, 2.45) is 0 Å². The van der Waals surface area contributed by atoms with Crippen LogP contribution in [-0.4, -0.2) is 13.1 Å². The minimum atomic E-state index is 0.769. The first-order valence-electron chi connectivity index (χ1n) is 4.86. The summed E-state index contributed by atoms with van der Waals surface area (Å²) in [5.41, 5.74) is 1.96. The average molecular weight is 197 g/mol. The van der Waals surface area contributed by atoms with Crippen molar-refractivity contribution in [1.29, 1.82) is 0 Å². The molecule has 1 heteroatoms. The Kier molecular flexibility index (Phi) is 4.25. The van der Waals surface area contributed by atoms with Gasteiger partial charge >= 0.3 is 0 Å². The van der Waals surface area contributed by atoms with Gasteiger partial charge in [0, 0.05) is 18.7 Å². The summed E-state index contributed by atoms with van der Waals surface area (Å²) in [6.45, 7) is 9.01. The molecule has 0 aliphatic rings. The van der Waals surface area contributed by atoms with Crippen LogP contribution >= 0.6 is 0 Å². The zero-order valence-corrected chi connectivity index (χ0v) is 8.82. The SMILES string of the molecule is C#Cc1ccccc1N(CC=C)CC=C. The topological polar surface area (TPSA) is 3.24 Å². The van der Waals surface area contributed by atoms with E-state index in [1.807, 2.05) is 36.4 Å². The van der Waals surface area contributed by atoms with E-state index in [4.69, 9.17) is 6.42 Å². The van der Waals surface area contributed by atoms with E-state index in [-0.39, 0.29) is 0 Å². The van der Waals surface area contributed by atoms with E-state index in [1.165, 1.54) is 0 Å². The van der Waals surface area contributed by atoms with Gasteiger partial charge in [0.1, 0.15) is 0 Å². The zero-order valence-electron chi connectivity index (χ0n) is 8.82. The van der Waals surface area contributed by atoms with Gasteiger partial charge in [0.05, 0.1) is 5.69 Å². The van der Waals surface area contributed by atoms with Crippen molar-refractivity contribution in [3.05, 3.63) is 55.1 Å². The Hall–Kier alpha value is -1.94. The van der Waals surface area contributed by atoms with E-state index in [0.717, 1.165) is 24.3 Å². The molecule has 1 aromatic carbocycles. The maximum Gasteiger partial charge on any atom is 0.0530 e. The van der Waals surface area contributed by atoms with Gasteiger partial charge in [0.2, 0.25) is 0 Å². The molecule has 0 heterocycles. The summed E-state index contributed by atoms with van der Waals surface area (Å²) in [5, 5.41) is 0. The van der Waals surface area contributed by atoms with Crippen LogP contribution in [0.25, 0.3) is 0 Å². The lowest BCUT2D eigenvalue weighted by Crippen LogP contribution is -2.23. The third kappa shape index (κ3) is 2.75.